The molecule has 1 fully saturated rings. The maximum absolute atomic E-state index is 13.4. The second-order valence-electron chi connectivity index (χ2n) is 7.48. The van der Waals surface area contributed by atoms with Gasteiger partial charge in [0.15, 0.2) is 0 Å². The highest BCUT2D eigenvalue weighted by Gasteiger charge is 2.25. The van der Waals surface area contributed by atoms with Crippen LogP contribution in [-0.2, 0) is 0 Å². The summed E-state index contributed by atoms with van der Waals surface area (Å²) < 4.78 is 0. The first-order valence-electron chi connectivity index (χ1n) is 10.2. The van der Waals surface area contributed by atoms with Gasteiger partial charge in [-0.25, -0.2) is 4.98 Å². The van der Waals surface area contributed by atoms with Gasteiger partial charge in [-0.15, -0.1) is 0 Å². The van der Waals surface area contributed by atoms with Crippen LogP contribution in [0, 0.1) is 5.92 Å². The number of fused-ring (bicyclic) bond motifs is 1. The van der Waals surface area contributed by atoms with Crippen LogP contribution in [0.5, 0.6) is 0 Å². The lowest BCUT2D eigenvalue weighted by molar-refractivity contribution is 0.0692. The number of carbonyl (C=O) groups is 1. The molecule has 4 rings (SSSR count). The zero-order valence-corrected chi connectivity index (χ0v) is 16.4. The Bertz CT molecular complexity index is 946. The summed E-state index contributed by atoms with van der Waals surface area (Å²) in [7, 11) is 0. The minimum Gasteiger partial charge on any atom is -0.339 e. The van der Waals surface area contributed by atoms with E-state index in [0.717, 1.165) is 66.7 Å². The number of hydrogen-bond donors (Lipinski definition) is 1. The molecule has 1 amide bonds. The van der Waals surface area contributed by atoms with Crippen molar-refractivity contribution in [3.63, 3.8) is 0 Å². The average molecular weight is 374 g/mol. The van der Waals surface area contributed by atoms with E-state index in [9.17, 15) is 4.79 Å². The molecule has 3 aromatic rings. The van der Waals surface area contributed by atoms with Crippen LogP contribution in [0.3, 0.4) is 0 Å². The van der Waals surface area contributed by atoms with E-state index in [1.807, 2.05) is 65.6 Å². The number of rotatable bonds is 5. The van der Waals surface area contributed by atoms with Crippen LogP contribution < -0.4 is 5.32 Å². The monoisotopic (exact) mass is 373 g/mol. The summed E-state index contributed by atoms with van der Waals surface area (Å²) in [5.41, 5.74) is 3.51. The number of carbonyl (C=O) groups excluding carboxylic acids is 1. The summed E-state index contributed by atoms with van der Waals surface area (Å²) in [4.78, 5) is 20.2. The van der Waals surface area contributed by atoms with Gasteiger partial charge in [0.25, 0.3) is 5.91 Å². The van der Waals surface area contributed by atoms with Crippen molar-refractivity contribution in [2.45, 2.75) is 19.8 Å². The van der Waals surface area contributed by atoms with Crippen molar-refractivity contribution in [3.05, 3.63) is 66.2 Å². The van der Waals surface area contributed by atoms with Crippen molar-refractivity contribution < 1.29 is 4.79 Å². The minimum absolute atomic E-state index is 0.123. The van der Waals surface area contributed by atoms with E-state index >= 15 is 0 Å². The lowest BCUT2D eigenvalue weighted by Gasteiger charge is -2.32. The second-order valence-corrected chi connectivity index (χ2v) is 7.48. The quantitative estimate of drug-likeness (QED) is 0.723. The van der Waals surface area contributed by atoms with E-state index in [4.69, 9.17) is 4.98 Å². The predicted octanol–water partition coefficient (Wildman–Crippen LogP) is 4.36. The maximum Gasteiger partial charge on any atom is 0.254 e. The molecule has 144 valence electrons. The Balaban J connectivity index is 1.63. The Kier molecular flexibility index (Phi) is 5.68. The van der Waals surface area contributed by atoms with E-state index in [-0.39, 0.29) is 5.91 Å². The van der Waals surface area contributed by atoms with Crippen molar-refractivity contribution >= 4 is 16.8 Å². The summed E-state index contributed by atoms with van der Waals surface area (Å²) in [5.74, 6) is 0.788. The third kappa shape index (κ3) is 3.92. The van der Waals surface area contributed by atoms with E-state index in [0.29, 0.717) is 5.92 Å². The molecule has 2 aromatic carbocycles. The molecule has 2 heterocycles. The highest BCUT2D eigenvalue weighted by atomic mass is 16.2. The third-order valence-corrected chi connectivity index (χ3v) is 5.60. The van der Waals surface area contributed by atoms with Crippen molar-refractivity contribution in [1.82, 2.24) is 15.2 Å². The van der Waals surface area contributed by atoms with Crippen LogP contribution >= 0.6 is 0 Å². The molecular weight excluding hydrogens is 346 g/mol. The molecule has 0 bridgehead atoms. The predicted molar refractivity (Wildman–Crippen MR) is 114 cm³/mol. The molecule has 0 atom stereocenters. The van der Waals surface area contributed by atoms with Crippen molar-refractivity contribution in [1.29, 1.82) is 0 Å². The molecular formula is C24H27N3O. The molecule has 1 saturated heterocycles. The fourth-order valence-corrected chi connectivity index (χ4v) is 3.97. The zero-order valence-electron chi connectivity index (χ0n) is 16.4. The van der Waals surface area contributed by atoms with Gasteiger partial charge in [-0.2, -0.15) is 0 Å². The number of aromatic nitrogens is 1. The smallest absolute Gasteiger partial charge is 0.254 e. The summed E-state index contributed by atoms with van der Waals surface area (Å²) in [6.07, 6.45) is 2.13. The molecule has 1 aliphatic heterocycles. The zero-order chi connectivity index (χ0) is 19.3. The van der Waals surface area contributed by atoms with Crippen LogP contribution in [-0.4, -0.2) is 42.0 Å². The van der Waals surface area contributed by atoms with Crippen LogP contribution in [0.15, 0.2) is 60.7 Å². The molecule has 1 N–H and O–H groups in total. The molecule has 0 unspecified atom stereocenters. The maximum atomic E-state index is 13.4. The van der Waals surface area contributed by atoms with Gasteiger partial charge in [0.1, 0.15) is 0 Å². The first kappa shape index (κ1) is 18.6. The Hall–Kier alpha value is -2.72. The number of pyridine rings is 1. The Morgan fingerprint density at radius 2 is 1.79 bits per heavy atom. The SMILES string of the molecule is CCNCC1CCN(C(=O)c2cc(-c3ccccc3)nc3ccccc23)CC1. The number of nitrogens with one attached hydrogen (secondary N) is 1. The number of piperidine rings is 1. The first-order valence-corrected chi connectivity index (χ1v) is 10.2. The van der Waals surface area contributed by atoms with Crippen LogP contribution in [0.4, 0.5) is 0 Å². The normalized spacial score (nSPS) is 15.1. The molecule has 28 heavy (non-hydrogen) atoms. The number of likely N-dealkylation sites (tertiary alicyclic amines) is 1. The molecule has 4 heteroatoms. The van der Waals surface area contributed by atoms with Gasteiger partial charge in [0.05, 0.1) is 16.8 Å². The summed E-state index contributed by atoms with van der Waals surface area (Å²) in [5, 5.41) is 4.36. The van der Waals surface area contributed by atoms with Crippen LogP contribution in [0.2, 0.25) is 0 Å². The highest BCUT2D eigenvalue weighted by molar-refractivity contribution is 6.07. The number of benzene rings is 2. The number of hydrogen-bond acceptors (Lipinski definition) is 3. The van der Waals surface area contributed by atoms with E-state index in [1.54, 1.807) is 0 Å². The Morgan fingerprint density at radius 1 is 1.07 bits per heavy atom. The van der Waals surface area contributed by atoms with Gasteiger partial charge in [-0.3, -0.25) is 4.79 Å². The number of amides is 1. The Labute approximate surface area is 166 Å². The van der Waals surface area contributed by atoms with Crippen molar-refractivity contribution in [2.75, 3.05) is 26.2 Å². The molecule has 1 aromatic heterocycles. The third-order valence-electron chi connectivity index (χ3n) is 5.60. The first-order chi connectivity index (χ1) is 13.8. The van der Waals surface area contributed by atoms with E-state index in [2.05, 4.69) is 12.2 Å². The van der Waals surface area contributed by atoms with Crippen LogP contribution in [0.25, 0.3) is 22.2 Å². The fourth-order valence-electron chi connectivity index (χ4n) is 3.97. The van der Waals surface area contributed by atoms with Gasteiger partial charge < -0.3 is 10.2 Å². The molecule has 1 aliphatic rings. The molecule has 0 spiro atoms. The largest absolute Gasteiger partial charge is 0.339 e. The van der Waals surface area contributed by atoms with Gasteiger partial charge in [-0.05, 0) is 44.0 Å². The number of para-hydroxylation sites is 1. The fraction of sp³-hybridized carbons (Fsp3) is 0.333. The minimum atomic E-state index is 0.123. The van der Waals surface area contributed by atoms with Gasteiger partial charge in [0, 0.05) is 24.0 Å². The molecule has 0 radical (unpaired) electrons. The summed E-state index contributed by atoms with van der Waals surface area (Å²) >= 11 is 0. The highest BCUT2D eigenvalue weighted by Crippen LogP contribution is 2.27. The van der Waals surface area contributed by atoms with Gasteiger partial charge >= 0.3 is 0 Å². The average Bonchev–Trinajstić information content (AvgIpc) is 2.77. The summed E-state index contributed by atoms with van der Waals surface area (Å²) in [6, 6.07) is 20.0. The Morgan fingerprint density at radius 3 is 2.54 bits per heavy atom. The molecule has 4 nitrogen and oxygen atoms in total. The molecule has 0 aliphatic carbocycles. The number of nitrogens with zero attached hydrogens (tertiary/aromatic N) is 2. The standard InChI is InChI=1S/C24H27N3O/c1-2-25-17-18-12-14-27(15-13-18)24(28)21-16-23(19-8-4-3-5-9-19)26-22-11-7-6-10-20(21)22/h3-11,16,18,25H,2,12-15,17H2,1H3. The van der Waals surface area contributed by atoms with Crippen molar-refractivity contribution in [3.8, 4) is 11.3 Å². The summed E-state index contributed by atoms with van der Waals surface area (Å²) in [6.45, 7) is 5.84. The van der Waals surface area contributed by atoms with E-state index < -0.39 is 0 Å². The lowest BCUT2D eigenvalue weighted by Crippen LogP contribution is -2.40. The topological polar surface area (TPSA) is 45.2 Å². The van der Waals surface area contributed by atoms with Crippen LogP contribution in [0.1, 0.15) is 30.1 Å². The molecule has 0 saturated carbocycles. The van der Waals surface area contributed by atoms with Crippen molar-refractivity contribution in [2.24, 2.45) is 5.92 Å². The van der Waals surface area contributed by atoms with Gasteiger partial charge in [0.2, 0.25) is 0 Å². The van der Waals surface area contributed by atoms with E-state index in [1.165, 1.54) is 0 Å². The second kappa shape index (κ2) is 8.53. The lowest BCUT2D eigenvalue weighted by atomic mass is 9.95. The van der Waals surface area contributed by atoms with Gasteiger partial charge in [-0.1, -0.05) is 55.5 Å².